The average Bonchev–Trinajstić information content (AvgIpc) is 3.02. The van der Waals surface area contributed by atoms with Crippen LogP contribution in [-0.2, 0) is 13.0 Å². The van der Waals surface area contributed by atoms with E-state index in [9.17, 15) is 4.79 Å². The number of fused-ring (bicyclic) bond motifs is 1. The van der Waals surface area contributed by atoms with Gasteiger partial charge >= 0.3 is 0 Å². The number of carbonyl (C=O) groups excluding carboxylic acids is 1. The first-order valence-corrected chi connectivity index (χ1v) is 7.06. The maximum Gasteiger partial charge on any atom is 0.274 e. The summed E-state index contributed by atoms with van der Waals surface area (Å²) in [5.74, 6) is 0.0418. The van der Waals surface area contributed by atoms with E-state index in [1.54, 1.807) is 6.07 Å². The Labute approximate surface area is 118 Å². The summed E-state index contributed by atoms with van der Waals surface area (Å²) >= 11 is 0. The van der Waals surface area contributed by atoms with E-state index in [4.69, 9.17) is 5.73 Å². The van der Waals surface area contributed by atoms with Crippen molar-refractivity contribution in [2.45, 2.75) is 26.3 Å². The Morgan fingerprint density at radius 1 is 1.35 bits per heavy atom. The van der Waals surface area contributed by atoms with Crippen molar-refractivity contribution in [3.05, 3.63) is 47.8 Å². The maximum absolute atomic E-state index is 12.8. The molecule has 0 atom stereocenters. The molecule has 104 valence electrons. The van der Waals surface area contributed by atoms with Crippen molar-refractivity contribution in [1.82, 2.24) is 4.57 Å². The van der Waals surface area contributed by atoms with Crippen LogP contribution in [0.25, 0.3) is 0 Å². The third kappa shape index (κ3) is 2.07. The van der Waals surface area contributed by atoms with Crippen LogP contribution >= 0.6 is 0 Å². The molecule has 1 amide bonds. The molecule has 1 aromatic heterocycles. The van der Waals surface area contributed by atoms with Crippen molar-refractivity contribution >= 4 is 17.3 Å². The molecule has 1 aliphatic rings. The van der Waals surface area contributed by atoms with Crippen molar-refractivity contribution in [1.29, 1.82) is 0 Å². The van der Waals surface area contributed by atoms with Crippen LogP contribution in [0.15, 0.2) is 36.5 Å². The molecule has 2 aromatic rings. The highest BCUT2D eigenvalue weighted by molar-refractivity contribution is 6.06. The molecular formula is C16H19N3O. The van der Waals surface area contributed by atoms with Gasteiger partial charge in [0.25, 0.3) is 5.91 Å². The Kier molecular flexibility index (Phi) is 3.22. The molecule has 0 radical (unpaired) electrons. The van der Waals surface area contributed by atoms with Crippen LogP contribution in [0.4, 0.5) is 11.4 Å². The van der Waals surface area contributed by atoms with Crippen LogP contribution in [0.3, 0.4) is 0 Å². The molecular weight excluding hydrogens is 250 g/mol. The fourth-order valence-corrected chi connectivity index (χ4v) is 2.83. The summed E-state index contributed by atoms with van der Waals surface area (Å²) in [7, 11) is 0. The van der Waals surface area contributed by atoms with E-state index in [1.807, 2.05) is 33.9 Å². The fourth-order valence-electron chi connectivity index (χ4n) is 2.83. The van der Waals surface area contributed by atoms with Crippen molar-refractivity contribution in [2.24, 2.45) is 0 Å². The van der Waals surface area contributed by atoms with E-state index in [0.29, 0.717) is 11.4 Å². The van der Waals surface area contributed by atoms with Gasteiger partial charge in [0, 0.05) is 25.0 Å². The molecule has 1 aromatic carbocycles. The zero-order valence-corrected chi connectivity index (χ0v) is 11.7. The monoisotopic (exact) mass is 269 g/mol. The first kappa shape index (κ1) is 12.8. The summed E-state index contributed by atoms with van der Waals surface area (Å²) in [5, 5.41) is 0. The minimum absolute atomic E-state index is 0.0418. The Bertz CT molecular complexity index is 645. The number of nitrogens with two attached hydrogens (primary N) is 1. The number of anilines is 2. The number of rotatable bonds is 3. The molecule has 0 spiro atoms. The van der Waals surface area contributed by atoms with Gasteiger partial charge < -0.3 is 15.2 Å². The number of aromatic nitrogens is 1. The molecule has 0 saturated carbocycles. The lowest BCUT2D eigenvalue weighted by Crippen LogP contribution is -2.30. The van der Waals surface area contributed by atoms with Crippen LogP contribution in [0.2, 0.25) is 0 Å². The SMILES string of the molecule is CCCn1cc(N)cc1C(=O)N1CCc2ccccc21. The number of aryl methyl sites for hydroxylation is 1. The Morgan fingerprint density at radius 3 is 2.95 bits per heavy atom. The van der Waals surface area contributed by atoms with Crippen LogP contribution in [-0.4, -0.2) is 17.0 Å². The first-order valence-electron chi connectivity index (χ1n) is 7.06. The highest BCUT2D eigenvalue weighted by Crippen LogP contribution is 2.29. The minimum atomic E-state index is 0.0418. The van der Waals surface area contributed by atoms with Gasteiger partial charge in [0.05, 0.1) is 5.69 Å². The molecule has 20 heavy (non-hydrogen) atoms. The predicted molar refractivity (Wildman–Crippen MR) is 81.0 cm³/mol. The second-order valence-corrected chi connectivity index (χ2v) is 5.19. The van der Waals surface area contributed by atoms with Gasteiger partial charge in [-0.2, -0.15) is 0 Å². The van der Waals surface area contributed by atoms with E-state index >= 15 is 0 Å². The Balaban J connectivity index is 1.94. The molecule has 3 rings (SSSR count). The lowest BCUT2D eigenvalue weighted by Gasteiger charge is -2.18. The van der Waals surface area contributed by atoms with E-state index in [1.165, 1.54) is 5.56 Å². The number of nitrogens with zero attached hydrogens (tertiary/aromatic N) is 2. The molecule has 2 heterocycles. The van der Waals surface area contributed by atoms with Gasteiger partial charge in [-0.05, 0) is 30.5 Å². The fraction of sp³-hybridized carbons (Fsp3) is 0.312. The molecule has 1 aliphatic heterocycles. The lowest BCUT2D eigenvalue weighted by molar-refractivity contribution is 0.0980. The average molecular weight is 269 g/mol. The van der Waals surface area contributed by atoms with Gasteiger partial charge in [-0.15, -0.1) is 0 Å². The highest BCUT2D eigenvalue weighted by atomic mass is 16.2. The Hall–Kier alpha value is -2.23. The highest BCUT2D eigenvalue weighted by Gasteiger charge is 2.27. The summed E-state index contributed by atoms with van der Waals surface area (Å²) in [5.41, 5.74) is 9.44. The van der Waals surface area contributed by atoms with E-state index in [2.05, 4.69) is 13.0 Å². The molecule has 0 unspecified atom stereocenters. The van der Waals surface area contributed by atoms with E-state index in [-0.39, 0.29) is 5.91 Å². The van der Waals surface area contributed by atoms with E-state index < -0.39 is 0 Å². The maximum atomic E-state index is 12.8. The number of benzene rings is 1. The number of hydrogen-bond donors (Lipinski definition) is 1. The molecule has 0 saturated heterocycles. The van der Waals surface area contributed by atoms with Gasteiger partial charge in [0.2, 0.25) is 0 Å². The van der Waals surface area contributed by atoms with Gasteiger partial charge in [-0.25, -0.2) is 0 Å². The standard InChI is InChI=1S/C16H19N3O/c1-2-8-18-11-13(17)10-15(18)16(20)19-9-7-12-5-3-4-6-14(12)19/h3-6,10-11H,2,7-9,17H2,1H3. The summed E-state index contributed by atoms with van der Waals surface area (Å²) in [6, 6.07) is 9.87. The van der Waals surface area contributed by atoms with Crippen molar-refractivity contribution in [3.8, 4) is 0 Å². The normalized spacial score (nSPS) is 13.6. The summed E-state index contributed by atoms with van der Waals surface area (Å²) in [6.07, 6.45) is 3.75. The third-order valence-corrected chi connectivity index (χ3v) is 3.73. The molecule has 0 fully saturated rings. The third-order valence-electron chi connectivity index (χ3n) is 3.73. The zero-order chi connectivity index (χ0) is 14.1. The first-order chi connectivity index (χ1) is 9.70. The molecule has 4 nitrogen and oxygen atoms in total. The predicted octanol–water partition coefficient (Wildman–Crippen LogP) is 2.68. The summed E-state index contributed by atoms with van der Waals surface area (Å²) in [6.45, 7) is 3.65. The number of amides is 1. The number of hydrogen-bond acceptors (Lipinski definition) is 2. The second-order valence-electron chi connectivity index (χ2n) is 5.19. The zero-order valence-electron chi connectivity index (χ0n) is 11.7. The van der Waals surface area contributed by atoms with Gasteiger partial charge in [0.15, 0.2) is 0 Å². The van der Waals surface area contributed by atoms with Gasteiger partial charge in [-0.1, -0.05) is 25.1 Å². The van der Waals surface area contributed by atoms with Crippen LogP contribution in [0.5, 0.6) is 0 Å². The number of nitrogen functional groups attached to an aromatic ring is 1. The smallest absolute Gasteiger partial charge is 0.274 e. The number of para-hydroxylation sites is 1. The van der Waals surface area contributed by atoms with Crippen LogP contribution in [0.1, 0.15) is 29.4 Å². The van der Waals surface area contributed by atoms with Gasteiger partial charge in [0.1, 0.15) is 5.69 Å². The largest absolute Gasteiger partial charge is 0.397 e. The quantitative estimate of drug-likeness (QED) is 0.931. The second kappa shape index (κ2) is 5.04. The van der Waals surface area contributed by atoms with Crippen LogP contribution < -0.4 is 10.6 Å². The van der Waals surface area contributed by atoms with Crippen molar-refractivity contribution in [2.75, 3.05) is 17.2 Å². The van der Waals surface area contributed by atoms with E-state index in [0.717, 1.165) is 31.6 Å². The lowest BCUT2D eigenvalue weighted by atomic mass is 10.2. The molecule has 0 aliphatic carbocycles. The van der Waals surface area contributed by atoms with Crippen molar-refractivity contribution < 1.29 is 4.79 Å². The Morgan fingerprint density at radius 2 is 2.15 bits per heavy atom. The van der Waals surface area contributed by atoms with Crippen molar-refractivity contribution in [3.63, 3.8) is 0 Å². The molecule has 2 N–H and O–H groups in total. The topological polar surface area (TPSA) is 51.3 Å². The molecule has 0 bridgehead atoms. The van der Waals surface area contributed by atoms with Crippen LogP contribution in [0, 0.1) is 0 Å². The summed E-state index contributed by atoms with van der Waals surface area (Å²) in [4.78, 5) is 14.6. The van der Waals surface area contributed by atoms with Gasteiger partial charge in [-0.3, -0.25) is 4.79 Å². The number of carbonyl (C=O) groups is 1. The molecule has 4 heteroatoms. The minimum Gasteiger partial charge on any atom is -0.397 e. The summed E-state index contributed by atoms with van der Waals surface area (Å²) < 4.78 is 1.96.